The SMILES string of the molecule is CN1C(=O)CCC(NC(=O)c2cccnc2Br)C1=O. The predicted octanol–water partition coefficient (Wildman–Crippen LogP) is 0.721. The van der Waals surface area contributed by atoms with Crippen LogP contribution in [-0.4, -0.2) is 40.7 Å². The Morgan fingerprint density at radius 1 is 1.53 bits per heavy atom. The van der Waals surface area contributed by atoms with Crippen LogP contribution in [0.15, 0.2) is 22.9 Å². The maximum atomic E-state index is 12.0. The molecule has 1 unspecified atom stereocenters. The average Bonchev–Trinajstić information content (AvgIpc) is 2.40. The number of halogens is 1. The van der Waals surface area contributed by atoms with Gasteiger partial charge in [0.2, 0.25) is 5.91 Å². The number of imide groups is 1. The summed E-state index contributed by atoms with van der Waals surface area (Å²) in [5, 5.41) is 2.62. The van der Waals surface area contributed by atoms with Crippen molar-refractivity contribution in [2.24, 2.45) is 0 Å². The molecular formula is C12H12BrN3O3. The first kappa shape index (κ1) is 13.7. The number of nitrogens with zero attached hydrogens (tertiary/aromatic N) is 2. The fraction of sp³-hybridized carbons (Fsp3) is 0.333. The van der Waals surface area contributed by atoms with Crippen molar-refractivity contribution in [1.29, 1.82) is 0 Å². The Morgan fingerprint density at radius 2 is 2.26 bits per heavy atom. The summed E-state index contributed by atoms with van der Waals surface area (Å²) in [6, 6.07) is 2.58. The Bertz CT molecular complexity index is 547. The summed E-state index contributed by atoms with van der Waals surface area (Å²) < 4.78 is 0.417. The molecule has 7 heteroatoms. The normalized spacial score (nSPS) is 19.5. The standard InChI is InChI=1S/C12H12BrN3O3/c1-16-9(17)5-4-8(12(16)19)15-11(18)7-3-2-6-14-10(7)13/h2-3,6,8H,4-5H2,1H3,(H,15,18). The fourth-order valence-electron chi connectivity index (χ4n) is 1.84. The maximum Gasteiger partial charge on any atom is 0.254 e. The van der Waals surface area contributed by atoms with Gasteiger partial charge in [-0.25, -0.2) is 4.98 Å². The zero-order valence-electron chi connectivity index (χ0n) is 10.2. The number of amides is 3. The molecule has 0 aliphatic carbocycles. The van der Waals surface area contributed by atoms with Gasteiger partial charge in [0.15, 0.2) is 0 Å². The van der Waals surface area contributed by atoms with Crippen molar-refractivity contribution in [2.75, 3.05) is 7.05 Å². The van der Waals surface area contributed by atoms with Gasteiger partial charge >= 0.3 is 0 Å². The highest BCUT2D eigenvalue weighted by Crippen LogP contribution is 2.15. The summed E-state index contributed by atoms with van der Waals surface area (Å²) in [6.45, 7) is 0. The molecule has 1 N–H and O–H groups in total. The number of hydrogen-bond donors (Lipinski definition) is 1. The lowest BCUT2D eigenvalue weighted by Gasteiger charge is -2.28. The van der Waals surface area contributed by atoms with E-state index < -0.39 is 6.04 Å². The zero-order valence-corrected chi connectivity index (χ0v) is 11.8. The summed E-state index contributed by atoms with van der Waals surface area (Å²) in [4.78, 5) is 40.2. The largest absolute Gasteiger partial charge is 0.340 e. The van der Waals surface area contributed by atoms with E-state index in [2.05, 4.69) is 26.2 Å². The molecule has 6 nitrogen and oxygen atoms in total. The van der Waals surface area contributed by atoms with Gasteiger partial charge in [-0.15, -0.1) is 0 Å². The first-order valence-electron chi connectivity index (χ1n) is 5.72. The lowest BCUT2D eigenvalue weighted by molar-refractivity contribution is -0.147. The summed E-state index contributed by atoms with van der Waals surface area (Å²) in [5.41, 5.74) is 0.356. The van der Waals surface area contributed by atoms with E-state index >= 15 is 0 Å². The lowest BCUT2D eigenvalue weighted by atomic mass is 10.0. The topological polar surface area (TPSA) is 79.4 Å². The van der Waals surface area contributed by atoms with Gasteiger partial charge in [0.05, 0.1) is 5.56 Å². The highest BCUT2D eigenvalue weighted by Gasteiger charge is 2.33. The van der Waals surface area contributed by atoms with Crippen LogP contribution in [0.1, 0.15) is 23.2 Å². The third kappa shape index (κ3) is 2.81. The van der Waals surface area contributed by atoms with Crippen LogP contribution in [0, 0.1) is 0 Å². The molecule has 3 amide bonds. The molecule has 0 spiro atoms. The van der Waals surface area contributed by atoms with Gasteiger partial charge in [0.1, 0.15) is 10.6 Å². The van der Waals surface area contributed by atoms with Crippen molar-refractivity contribution in [3.63, 3.8) is 0 Å². The second-order valence-corrected chi connectivity index (χ2v) is 4.95. The van der Waals surface area contributed by atoms with Crippen molar-refractivity contribution in [3.8, 4) is 0 Å². The number of likely N-dealkylation sites (tertiary alicyclic amines) is 1. The number of pyridine rings is 1. The van der Waals surface area contributed by atoms with Crippen LogP contribution in [0.3, 0.4) is 0 Å². The van der Waals surface area contributed by atoms with Crippen LogP contribution >= 0.6 is 15.9 Å². The zero-order chi connectivity index (χ0) is 14.0. The monoisotopic (exact) mass is 325 g/mol. The van der Waals surface area contributed by atoms with Crippen LogP contribution in [0.4, 0.5) is 0 Å². The van der Waals surface area contributed by atoms with Crippen LogP contribution in [-0.2, 0) is 9.59 Å². The van der Waals surface area contributed by atoms with Crippen molar-refractivity contribution in [1.82, 2.24) is 15.2 Å². The molecule has 1 aliphatic heterocycles. The summed E-state index contributed by atoms with van der Waals surface area (Å²) in [5.74, 6) is -0.997. The van der Waals surface area contributed by atoms with E-state index in [1.54, 1.807) is 18.3 Å². The van der Waals surface area contributed by atoms with Crippen LogP contribution in [0.25, 0.3) is 0 Å². The van der Waals surface area contributed by atoms with E-state index in [0.717, 1.165) is 4.90 Å². The van der Waals surface area contributed by atoms with Gasteiger partial charge in [-0.3, -0.25) is 19.3 Å². The molecular weight excluding hydrogens is 314 g/mol. The molecule has 0 bridgehead atoms. The minimum Gasteiger partial charge on any atom is -0.340 e. The van der Waals surface area contributed by atoms with Gasteiger partial charge in [-0.1, -0.05) is 0 Å². The number of rotatable bonds is 2. The van der Waals surface area contributed by atoms with Crippen molar-refractivity contribution in [3.05, 3.63) is 28.5 Å². The number of hydrogen-bond acceptors (Lipinski definition) is 4. The highest BCUT2D eigenvalue weighted by molar-refractivity contribution is 9.10. The minimum absolute atomic E-state index is 0.224. The second-order valence-electron chi connectivity index (χ2n) is 4.20. The average molecular weight is 326 g/mol. The first-order valence-corrected chi connectivity index (χ1v) is 6.52. The van der Waals surface area contributed by atoms with Gasteiger partial charge < -0.3 is 5.32 Å². The third-order valence-corrected chi connectivity index (χ3v) is 3.59. The van der Waals surface area contributed by atoms with Gasteiger partial charge in [-0.05, 0) is 34.5 Å². The van der Waals surface area contributed by atoms with Crippen molar-refractivity contribution in [2.45, 2.75) is 18.9 Å². The van der Waals surface area contributed by atoms with E-state index in [-0.39, 0.29) is 24.1 Å². The van der Waals surface area contributed by atoms with E-state index in [0.29, 0.717) is 16.6 Å². The lowest BCUT2D eigenvalue weighted by Crippen LogP contribution is -2.52. The Kier molecular flexibility index (Phi) is 3.94. The smallest absolute Gasteiger partial charge is 0.254 e. The Balaban J connectivity index is 2.10. The second kappa shape index (κ2) is 5.48. The first-order chi connectivity index (χ1) is 9.00. The number of nitrogens with one attached hydrogen (secondary N) is 1. The Hall–Kier alpha value is -1.76. The van der Waals surface area contributed by atoms with E-state index in [1.165, 1.54) is 7.05 Å². The predicted molar refractivity (Wildman–Crippen MR) is 70.2 cm³/mol. The number of carbonyl (C=O) groups excluding carboxylic acids is 3. The van der Waals surface area contributed by atoms with Crippen LogP contribution in [0.5, 0.6) is 0 Å². The Morgan fingerprint density at radius 3 is 2.95 bits per heavy atom. The molecule has 2 heterocycles. The van der Waals surface area contributed by atoms with Gasteiger partial charge in [0, 0.05) is 19.7 Å². The number of aromatic nitrogens is 1. The molecule has 0 aromatic carbocycles. The quantitative estimate of drug-likeness (QED) is 0.642. The summed E-state index contributed by atoms with van der Waals surface area (Å²) in [6.07, 6.45) is 2.13. The third-order valence-electron chi connectivity index (χ3n) is 2.96. The molecule has 2 rings (SSSR count). The highest BCUT2D eigenvalue weighted by atomic mass is 79.9. The number of likely N-dealkylation sites (N-methyl/N-ethyl adjacent to an activating group) is 1. The fourth-order valence-corrected chi connectivity index (χ4v) is 2.27. The molecule has 0 saturated carbocycles. The maximum absolute atomic E-state index is 12.0. The van der Waals surface area contributed by atoms with Crippen LogP contribution < -0.4 is 5.32 Å². The van der Waals surface area contributed by atoms with E-state index in [4.69, 9.17) is 0 Å². The van der Waals surface area contributed by atoms with E-state index in [1.807, 2.05) is 0 Å². The molecule has 1 aliphatic rings. The summed E-state index contributed by atoms with van der Waals surface area (Å²) >= 11 is 3.18. The van der Waals surface area contributed by atoms with Gasteiger partial charge in [0.25, 0.3) is 11.8 Å². The van der Waals surface area contributed by atoms with Gasteiger partial charge in [-0.2, -0.15) is 0 Å². The van der Waals surface area contributed by atoms with Crippen molar-refractivity contribution >= 4 is 33.7 Å². The molecule has 1 aromatic rings. The molecule has 0 radical (unpaired) electrons. The number of piperidine rings is 1. The Labute approximate surface area is 118 Å². The van der Waals surface area contributed by atoms with Crippen LogP contribution in [0.2, 0.25) is 0 Å². The molecule has 100 valence electrons. The molecule has 1 atom stereocenters. The van der Waals surface area contributed by atoms with Crippen molar-refractivity contribution < 1.29 is 14.4 Å². The molecule has 1 saturated heterocycles. The molecule has 1 aromatic heterocycles. The molecule has 1 fully saturated rings. The minimum atomic E-state index is -0.665. The number of carbonyl (C=O) groups is 3. The summed E-state index contributed by atoms with van der Waals surface area (Å²) in [7, 11) is 1.42. The van der Waals surface area contributed by atoms with E-state index in [9.17, 15) is 14.4 Å². The molecule has 19 heavy (non-hydrogen) atoms.